The van der Waals surface area contributed by atoms with E-state index >= 15 is 0 Å². The van der Waals surface area contributed by atoms with Gasteiger partial charge in [0.2, 0.25) is 10.0 Å². The second-order valence-corrected chi connectivity index (χ2v) is 9.90. The van der Waals surface area contributed by atoms with Crippen LogP contribution in [0.15, 0.2) is 53.4 Å². The van der Waals surface area contributed by atoms with E-state index in [1.165, 1.54) is 34.6 Å². The molecule has 2 aromatic carbocycles. The molecule has 0 bridgehead atoms. The topological polar surface area (TPSA) is 60.9 Å². The summed E-state index contributed by atoms with van der Waals surface area (Å²) in [5, 5.41) is 0. The number of hydrogen-bond donors (Lipinski definition) is 0. The van der Waals surface area contributed by atoms with E-state index in [2.05, 4.69) is 0 Å². The van der Waals surface area contributed by atoms with Crippen LogP contribution in [0.3, 0.4) is 0 Å². The van der Waals surface area contributed by atoms with Gasteiger partial charge in [-0.2, -0.15) is 17.5 Å². The molecule has 0 spiro atoms. The van der Waals surface area contributed by atoms with E-state index < -0.39 is 21.8 Å². The Labute approximate surface area is 185 Å². The van der Waals surface area contributed by atoms with Gasteiger partial charge in [0.25, 0.3) is 5.91 Å². The lowest BCUT2D eigenvalue weighted by Crippen LogP contribution is -2.48. The monoisotopic (exact) mass is 467 g/mol. The highest BCUT2D eigenvalue weighted by Gasteiger charge is 2.31. The predicted molar refractivity (Wildman–Crippen MR) is 114 cm³/mol. The molecule has 2 heterocycles. The Morgan fingerprint density at radius 3 is 2.06 bits per heavy atom. The Morgan fingerprint density at radius 2 is 1.47 bits per heavy atom. The molecule has 0 N–H and O–H groups in total. The standard InChI is InChI=1S/C22H24F3N3O3S/c23-22(24,25)18-4-3-5-19(16-18)26-12-14-27(15-13-26)21(29)17-6-8-20(9-7-17)32(30,31)28-10-1-2-11-28/h3-9,16H,1-2,10-15H2. The third-order valence-corrected chi connectivity index (χ3v) is 7.82. The predicted octanol–water partition coefficient (Wildman–Crippen LogP) is 3.45. The summed E-state index contributed by atoms with van der Waals surface area (Å²) in [4.78, 5) is 16.5. The first-order valence-corrected chi connectivity index (χ1v) is 11.9. The van der Waals surface area contributed by atoms with Crippen molar-refractivity contribution in [3.05, 3.63) is 59.7 Å². The van der Waals surface area contributed by atoms with Crippen LogP contribution in [0.5, 0.6) is 0 Å². The van der Waals surface area contributed by atoms with E-state index in [0.29, 0.717) is 50.5 Å². The number of benzene rings is 2. The van der Waals surface area contributed by atoms with E-state index in [4.69, 9.17) is 0 Å². The highest BCUT2D eigenvalue weighted by Crippen LogP contribution is 2.32. The molecule has 10 heteroatoms. The van der Waals surface area contributed by atoms with Gasteiger partial charge in [-0.05, 0) is 55.3 Å². The molecular weight excluding hydrogens is 443 g/mol. The van der Waals surface area contributed by atoms with E-state index in [1.807, 2.05) is 4.90 Å². The molecule has 6 nitrogen and oxygen atoms in total. The molecule has 0 aliphatic carbocycles. The average molecular weight is 468 g/mol. The van der Waals surface area contributed by atoms with Crippen molar-refractivity contribution in [1.82, 2.24) is 9.21 Å². The van der Waals surface area contributed by atoms with Gasteiger partial charge in [-0.25, -0.2) is 8.42 Å². The molecule has 172 valence electrons. The van der Waals surface area contributed by atoms with Gasteiger partial charge in [-0.15, -0.1) is 0 Å². The van der Waals surface area contributed by atoms with Crippen LogP contribution < -0.4 is 4.90 Å². The molecule has 0 atom stereocenters. The van der Waals surface area contributed by atoms with Crippen LogP contribution in [-0.2, 0) is 16.2 Å². The molecule has 4 rings (SSSR count). The Kier molecular flexibility index (Phi) is 6.17. The van der Waals surface area contributed by atoms with Crippen molar-refractivity contribution in [3.8, 4) is 0 Å². The maximum absolute atomic E-state index is 13.0. The first-order valence-electron chi connectivity index (χ1n) is 10.5. The number of nitrogens with zero attached hydrogens (tertiary/aromatic N) is 3. The molecule has 2 aromatic rings. The zero-order chi connectivity index (χ0) is 22.9. The van der Waals surface area contributed by atoms with E-state index in [-0.39, 0.29) is 10.8 Å². The summed E-state index contributed by atoms with van der Waals surface area (Å²) in [6.45, 7) is 2.58. The van der Waals surface area contributed by atoms with Crippen molar-refractivity contribution >= 4 is 21.6 Å². The van der Waals surface area contributed by atoms with Gasteiger partial charge < -0.3 is 9.80 Å². The van der Waals surface area contributed by atoms with Gasteiger partial charge in [0, 0.05) is 50.5 Å². The van der Waals surface area contributed by atoms with Crippen LogP contribution in [0.2, 0.25) is 0 Å². The van der Waals surface area contributed by atoms with Gasteiger partial charge in [-0.1, -0.05) is 6.07 Å². The van der Waals surface area contributed by atoms with Crippen molar-refractivity contribution in [2.24, 2.45) is 0 Å². The second-order valence-electron chi connectivity index (χ2n) is 7.96. The average Bonchev–Trinajstić information content (AvgIpc) is 3.34. The molecule has 0 radical (unpaired) electrons. The Morgan fingerprint density at radius 1 is 0.844 bits per heavy atom. The number of carbonyl (C=O) groups excluding carboxylic acids is 1. The van der Waals surface area contributed by atoms with Crippen LogP contribution in [0.25, 0.3) is 0 Å². The van der Waals surface area contributed by atoms with E-state index in [1.54, 1.807) is 11.0 Å². The zero-order valence-electron chi connectivity index (χ0n) is 17.4. The van der Waals surface area contributed by atoms with E-state index in [9.17, 15) is 26.4 Å². The highest BCUT2D eigenvalue weighted by molar-refractivity contribution is 7.89. The number of alkyl halides is 3. The summed E-state index contributed by atoms with van der Waals surface area (Å²) >= 11 is 0. The number of halogens is 3. The largest absolute Gasteiger partial charge is 0.416 e. The number of rotatable bonds is 4. The smallest absolute Gasteiger partial charge is 0.368 e. The van der Waals surface area contributed by atoms with Gasteiger partial charge >= 0.3 is 6.18 Å². The first-order chi connectivity index (χ1) is 15.2. The minimum Gasteiger partial charge on any atom is -0.368 e. The summed E-state index contributed by atoms with van der Waals surface area (Å²) in [5.74, 6) is -0.223. The molecule has 32 heavy (non-hydrogen) atoms. The van der Waals surface area contributed by atoms with Crippen molar-refractivity contribution in [3.63, 3.8) is 0 Å². The maximum Gasteiger partial charge on any atom is 0.416 e. The minimum absolute atomic E-state index is 0.172. The SMILES string of the molecule is O=C(c1ccc(S(=O)(=O)N2CCCC2)cc1)N1CCN(c2cccc(C(F)(F)F)c2)CC1. The molecule has 0 saturated carbocycles. The van der Waals surface area contributed by atoms with Gasteiger partial charge in [0.15, 0.2) is 0 Å². The van der Waals surface area contributed by atoms with Gasteiger partial charge in [-0.3, -0.25) is 4.79 Å². The van der Waals surface area contributed by atoms with Crippen LogP contribution in [0, 0.1) is 0 Å². The normalized spacial score (nSPS) is 18.2. The third kappa shape index (κ3) is 4.61. The first kappa shape index (κ1) is 22.6. The molecule has 2 aliphatic rings. The number of carbonyl (C=O) groups is 1. The number of sulfonamides is 1. The molecule has 2 fully saturated rings. The van der Waals surface area contributed by atoms with Crippen LogP contribution >= 0.6 is 0 Å². The summed E-state index contributed by atoms with van der Waals surface area (Å²) in [6, 6.07) is 11.1. The molecule has 2 saturated heterocycles. The van der Waals surface area contributed by atoms with Crippen molar-refractivity contribution in [1.29, 1.82) is 0 Å². The number of hydrogen-bond acceptors (Lipinski definition) is 4. The van der Waals surface area contributed by atoms with Gasteiger partial charge in [0.1, 0.15) is 0 Å². The second kappa shape index (κ2) is 8.74. The fourth-order valence-electron chi connectivity index (χ4n) is 4.08. The summed E-state index contributed by atoms with van der Waals surface area (Å²) in [6.07, 6.45) is -2.70. The lowest BCUT2D eigenvalue weighted by molar-refractivity contribution is -0.137. The lowest BCUT2D eigenvalue weighted by atomic mass is 10.1. The van der Waals surface area contributed by atoms with Crippen molar-refractivity contribution in [2.45, 2.75) is 23.9 Å². The summed E-state index contributed by atoms with van der Waals surface area (Å²) in [7, 11) is -3.54. The van der Waals surface area contributed by atoms with Crippen LogP contribution in [0.4, 0.5) is 18.9 Å². The third-order valence-electron chi connectivity index (χ3n) is 5.91. The van der Waals surface area contributed by atoms with E-state index in [0.717, 1.165) is 25.0 Å². The summed E-state index contributed by atoms with van der Waals surface area (Å²) in [5.41, 5.74) is 0.166. The molecule has 0 unspecified atom stereocenters. The Bertz CT molecular complexity index is 1070. The molecular formula is C22H24F3N3O3S. The molecule has 2 aliphatic heterocycles. The molecule has 0 aromatic heterocycles. The maximum atomic E-state index is 13.0. The van der Waals surface area contributed by atoms with Gasteiger partial charge in [0.05, 0.1) is 10.5 Å². The van der Waals surface area contributed by atoms with Crippen LogP contribution in [-0.4, -0.2) is 62.8 Å². The Hall–Kier alpha value is -2.59. The lowest BCUT2D eigenvalue weighted by Gasteiger charge is -2.36. The number of piperazine rings is 1. The molecule has 1 amide bonds. The van der Waals surface area contributed by atoms with Crippen LogP contribution in [0.1, 0.15) is 28.8 Å². The minimum atomic E-state index is -4.40. The fourth-order valence-corrected chi connectivity index (χ4v) is 5.59. The highest BCUT2D eigenvalue weighted by atomic mass is 32.2. The van der Waals surface area contributed by atoms with Crippen molar-refractivity contribution < 1.29 is 26.4 Å². The Balaban J connectivity index is 1.39. The fraction of sp³-hybridized carbons (Fsp3) is 0.409. The zero-order valence-corrected chi connectivity index (χ0v) is 18.2. The quantitative estimate of drug-likeness (QED) is 0.691. The summed E-state index contributed by atoms with van der Waals surface area (Å²) < 4.78 is 65.6. The number of anilines is 1. The van der Waals surface area contributed by atoms with Crippen molar-refractivity contribution in [2.75, 3.05) is 44.2 Å². The number of amides is 1.